The number of para-hydroxylation sites is 1. The minimum Gasteiger partial charge on any atom is -0.466 e. The van der Waals surface area contributed by atoms with Gasteiger partial charge < -0.3 is 9.47 Å². The van der Waals surface area contributed by atoms with Crippen molar-refractivity contribution in [3.8, 4) is 22.8 Å². The molecule has 1 fully saturated rings. The number of aromatic nitrogens is 3. The highest BCUT2D eigenvalue weighted by atomic mass is 35.5. The minimum absolute atomic E-state index is 0.0961. The molecule has 4 aromatic rings. The molecule has 0 amide bonds. The van der Waals surface area contributed by atoms with E-state index in [1.54, 1.807) is 6.20 Å². The standard InChI is InChI=1S/C27H26ClN3O3/c1-2-33-27(32)20-8-6-7-19(17-20)26-30-23(24-25(28)29-15-16-31(24)26)18-11-13-22(14-12-18)34-21-9-4-3-5-10-21/h3-5,9-16,19-20H,2,6-8,17H2,1H3. The van der Waals surface area contributed by atoms with E-state index < -0.39 is 0 Å². The van der Waals surface area contributed by atoms with Gasteiger partial charge in [0.25, 0.3) is 0 Å². The van der Waals surface area contributed by atoms with E-state index >= 15 is 0 Å². The molecule has 2 unspecified atom stereocenters. The fourth-order valence-corrected chi connectivity index (χ4v) is 4.95. The first-order chi connectivity index (χ1) is 16.6. The molecule has 34 heavy (non-hydrogen) atoms. The molecular formula is C27H26ClN3O3. The van der Waals surface area contributed by atoms with Crippen LogP contribution in [0.25, 0.3) is 16.8 Å². The smallest absolute Gasteiger partial charge is 0.308 e. The zero-order valence-electron chi connectivity index (χ0n) is 19.0. The van der Waals surface area contributed by atoms with Crippen LogP contribution in [0.4, 0.5) is 0 Å². The van der Waals surface area contributed by atoms with Gasteiger partial charge in [0, 0.05) is 23.9 Å². The van der Waals surface area contributed by atoms with Crippen molar-refractivity contribution in [1.82, 2.24) is 14.4 Å². The molecule has 7 heteroatoms. The second kappa shape index (κ2) is 9.85. The van der Waals surface area contributed by atoms with Crippen LogP contribution in [0.15, 0.2) is 67.0 Å². The van der Waals surface area contributed by atoms with E-state index in [4.69, 9.17) is 26.1 Å². The van der Waals surface area contributed by atoms with Crippen molar-refractivity contribution in [2.45, 2.75) is 38.5 Å². The van der Waals surface area contributed by atoms with Crippen LogP contribution in [0, 0.1) is 5.92 Å². The molecule has 2 aromatic heterocycles. The lowest BCUT2D eigenvalue weighted by molar-refractivity contribution is -0.149. The van der Waals surface area contributed by atoms with Gasteiger partial charge in [0.15, 0.2) is 5.15 Å². The highest BCUT2D eigenvalue weighted by Crippen LogP contribution is 2.39. The van der Waals surface area contributed by atoms with Crippen molar-refractivity contribution in [3.05, 3.63) is 78.0 Å². The van der Waals surface area contributed by atoms with Gasteiger partial charge in [0.05, 0.1) is 18.2 Å². The molecule has 2 atom stereocenters. The highest BCUT2D eigenvalue weighted by molar-refractivity contribution is 6.33. The number of ether oxygens (including phenoxy) is 2. The number of hydrogen-bond donors (Lipinski definition) is 0. The number of imidazole rings is 1. The Kier molecular flexibility index (Phi) is 6.50. The number of carbonyl (C=O) groups excluding carboxylic acids is 1. The monoisotopic (exact) mass is 475 g/mol. The summed E-state index contributed by atoms with van der Waals surface area (Å²) >= 11 is 6.55. The van der Waals surface area contributed by atoms with Gasteiger partial charge in [0.1, 0.15) is 22.8 Å². The van der Waals surface area contributed by atoms with Crippen LogP contribution in [0.1, 0.15) is 44.3 Å². The Morgan fingerprint density at radius 1 is 1.09 bits per heavy atom. The lowest BCUT2D eigenvalue weighted by Gasteiger charge is -2.27. The molecule has 0 spiro atoms. The average molecular weight is 476 g/mol. The third kappa shape index (κ3) is 4.50. The van der Waals surface area contributed by atoms with Crippen molar-refractivity contribution >= 4 is 23.1 Å². The Bertz CT molecular complexity index is 1290. The molecule has 1 saturated carbocycles. The van der Waals surface area contributed by atoms with E-state index in [0.717, 1.165) is 59.8 Å². The van der Waals surface area contributed by atoms with Crippen molar-refractivity contribution < 1.29 is 14.3 Å². The molecule has 1 aliphatic carbocycles. The van der Waals surface area contributed by atoms with Gasteiger partial charge in [-0.15, -0.1) is 0 Å². The van der Waals surface area contributed by atoms with E-state index in [0.29, 0.717) is 11.8 Å². The molecule has 2 aromatic carbocycles. The van der Waals surface area contributed by atoms with Crippen LogP contribution < -0.4 is 4.74 Å². The number of benzene rings is 2. The zero-order valence-corrected chi connectivity index (χ0v) is 19.7. The molecular weight excluding hydrogens is 450 g/mol. The summed E-state index contributed by atoms with van der Waals surface area (Å²) in [4.78, 5) is 21.7. The summed E-state index contributed by atoms with van der Waals surface area (Å²) in [6.45, 7) is 2.25. The summed E-state index contributed by atoms with van der Waals surface area (Å²) in [6, 6.07) is 17.5. The molecule has 1 aliphatic rings. The SMILES string of the molecule is CCOC(=O)C1CCCC(c2nc(-c3ccc(Oc4ccccc4)cc3)c3c(Cl)nccn23)C1. The summed E-state index contributed by atoms with van der Waals surface area (Å²) in [5.74, 6) is 2.37. The van der Waals surface area contributed by atoms with Gasteiger partial charge in [-0.2, -0.15) is 0 Å². The van der Waals surface area contributed by atoms with Gasteiger partial charge in [-0.05, 0) is 62.6 Å². The van der Waals surface area contributed by atoms with Crippen LogP contribution in [0.2, 0.25) is 5.15 Å². The van der Waals surface area contributed by atoms with Crippen LogP contribution in [0.5, 0.6) is 11.5 Å². The normalized spacial score (nSPS) is 18.1. The number of nitrogens with zero attached hydrogens (tertiary/aromatic N) is 3. The molecule has 5 rings (SSSR count). The maximum atomic E-state index is 12.4. The molecule has 0 radical (unpaired) electrons. The van der Waals surface area contributed by atoms with Crippen LogP contribution >= 0.6 is 11.6 Å². The Morgan fingerprint density at radius 2 is 1.85 bits per heavy atom. The molecule has 174 valence electrons. The second-order valence-corrected chi connectivity index (χ2v) is 8.87. The van der Waals surface area contributed by atoms with Gasteiger partial charge in [-0.1, -0.05) is 36.2 Å². The topological polar surface area (TPSA) is 65.7 Å². The predicted octanol–water partition coefficient (Wildman–Crippen LogP) is 6.68. The number of esters is 1. The van der Waals surface area contributed by atoms with Crippen molar-refractivity contribution in [3.63, 3.8) is 0 Å². The molecule has 0 saturated heterocycles. The maximum absolute atomic E-state index is 12.4. The molecule has 6 nitrogen and oxygen atoms in total. The molecule has 2 heterocycles. The summed E-state index contributed by atoms with van der Waals surface area (Å²) < 4.78 is 13.2. The van der Waals surface area contributed by atoms with Crippen molar-refractivity contribution in [1.29, 1.82) is 0 Å². The van der Waals surface area contributed by atoms with E-state index in [2.05, 4.69) is 4.98 Å². The van der Waals surface area contributed by atoms with E-state index in [-0.39, 0.29) is 17.8 Å². The fraction of sp³-hybridized carbons (Fsp3) is 0.296. The first kappa shape index (κ1) is 22.4. The average Bonchev–Trinajstić information content (AvgIpc) is 3.26. The van der Waals surface area contributed by atoms with Crippen LogP contribution in [-0.2, 0) is 9.53 Å². The lowest BCUT2D eigenvalue weighted by Crippen LogP contribution is -2.24. The summed E-state index contributed by atoms with van der Waals surface area (Å²) in [7, 11) is 0. The molecule has 0 aliphatic heterocycles. The van der Waals surface area contributed by atoms with Gasteiger partial charge in [-0.25, -0.2) is 9.97 Å². The Morgan fingerprint density at radius 3 is 2.62 bits per heavy atom. The van der Waals surface area contributed by atoms with E-state index in [9.17, 15) is 4.79 Å². The van der Waals surface area contributed by atoms with E-state index in [1.807, 2.05) is 72.1 Å². The third-order valence-corrected chi connectivity index (χ3v) is 6.58. The quantitative estimate of drug-likeness (QED) is 0.291. The third-order valence-electron chi connectivity index (χ3n) is 6.30. The lowest BCUT2D eigenvalue weighted by atomic mass is 9.81. The fourth-order valence-electron chi connectivity index (χ4n) is 4.72. The highest BCUT2D eigenvalue weighted by Gasteiger charge is 2.32. The zero-order chi connectivity index (χ0) is 23.5. The van der Waals surface area contributed by atoms with Gasteiger partial charge >= 0.3 is 5.97 Å². The number of hydrogen-bond acceptors (Lipinski definition) is 5. The summed E-state index contributed by atoms with van der Waals surface area (Å²) in [5.41, 5.74) is 2.48. The van der Waals surface area contributed by atoms with E-state index in [1.165, 1.54) is 0 Å². The summed E-state index contributed by atoms with van der Waals surface area (Å²) in [5, 5.41) is 0.401. The predicted molar refractivity (Wildman–Crippen MR) is 131 cm³/mol. The molecule has 0 bridgehead atoms. The minimum atomic E-state index is -0.109. The first-order valence-electron chi connectivity index (χ1n) is 11.7. The maximum Gasteiger partial charge on any atom is 0.308 e. The number of carbonyl (C=O) groups is 1. The summed E-state index contributed by atoms with van der Waals surface area (Å²) in [6.07, 6.45) is 7.10. The largest absolute Gasteiger partial charge is 0.466 e. The second-order valence-electron chi connectivity index (χ2n) is 8.51. The van der Waals surface area contributed by atoms with Crippen molar-refractivity contribution in [2.75, 3.05) is 6.61 Å². The Labute approximate surface area is 203 Å². The van der Waals surface area contributed by atoms with Gasteiger partial charge in [0.2, 0.25) is 0 Å². The number of halogens is 1. The number of rotatable bonds is 6. The Balaban J connectivity index is 1.47. The first-order valence-corrected chi connectivity index (χ1v) is 12.0. The van der Waals surface area contributed by atoms with Gasteiger partial charge in [-0.3, -0.25) is 9.20 Å². The van der Waals surface area contributed by atoms with Crippen molar-refractivity contribution in [2.24, 2.45) is 5.92 Å². The molecule has 0 N–H and O–H groups in total. The van der Waals surface area contributed by atoms with Crippen LogP contribution in [-0.4, -0.2) is 26.9 Å². The number of fused-ring (bicyclic) bond motifs is 1. The Hall–Kier alpha value is -3.38. The van der Waals surface area contributed by atoms with Crippen LogP contribution in [0.3, 0.4) is 0 Å².